The Balaban J connectivity index is 1.84. The van der Waals surface area contributed by atoms with Gasteiger partial charge in [0.1, 0.15) is 0 Å². The van der Waals surface area contributed by atoms with Crippen LogP contribution < -0.4 is 5.32 Å². The zero-order valence-electron chi connectivity index (χ0n) is 13.3. The van der Waals surface area contributed by atoms with Gasteiger partial charge in [0.15, 0.2) is 0 Å². The molecule has 0 aliphatic carbocycles. The molecule has 0 aliphatic heterocycles. The van der Waals surface area contributed by atoms with Crippen LogP contribution in [0.2, 0.25) is 5.02 Å². The van der Waals surface area contributed by atoms with Crippen molar-refractivity contribution < 1.29 is 5.11 Å². The van der Waals surface area contributed by atoms with E-state index in [1.165, 1.54) is 0 Å². The second-order valence-corrected chi connectivity index (χ2v) is 6.12. The van der Waals surface area contributed by atoms with Crippen LogP contribution in [0.1, 0.15) is 28.8 Å². The predicted octanol–water partition coefficient (Wildman–Crippen LogP) is 4.90. The standard InChI is InChI=1S/C21H20ClNO/c22-19-14-8-7-13-18(19)15-23-20(16-9-3-1-4-10-16)21(24)17-11-5-2-6-12-17/h1-14,20-21,23-24H,15H2/t20-,21+/m0/s1. The molecule has 0 bridgehead atoms. The summed E-state index contributed by atoms with van der Waals surface area (Å²) in [5.41, 5.74) is 2.94. The molecule has 3 rings (SSSR count). The number of aliphatic hydroxyl groups is 1. The number of hydrogen-bond acceptors (Lipinski definition) is 2. The maximum atomic E-state index is 10.9. The maximum Gasteiger partial charge on any atom is 0.0984 e. The van der Waals surface area contributed by atoms with Crippen LogP contribution in [-0.2, 0) is 6.54 Å². The molecular formula is C21H20ClNO. The Bertz CT molecular complexity index is 761. The molecule has 2 N–H and O–H groups in total. The molecular weight excluding hydrogens is 318 g/mol. The summed E-state index contributed by atoms with van der Waals surface area (Å²) in [7, 11) is 0. The van der Waals surface area contributed by atoms with Crippen LogP contribution in [0.3, 0.4) is 0 Å². The van der Waals surface area contributed by atoms with Crippen molar-refractivity contribution in [1.29, 1.82) is 0 Å². The molecule has 3 aromatic rings. The van der Waals surface area contributed by atoms with Crippen LogP contribution in [0.15, 0.2) is 84.9 Å². The monoisotopic (exact) mass is 337 g/mol. The second kappa shape index (κ2) is 8.11. The Morgan fingerprint density at radius 3 is 1.92 bits per heavy atom. The number of halogens is 1. The van der Waals surface area contributed by atoms with Crippen molar-refractivity contribution in [3.05, 3.63) is 107 Å². The third kappa shape index (κ3) is 4.04. The van der Waals surface area contributed by atoms with E-state index in [0.29, 0.717) is 6.54 Å². The molecule has 0 aliphatic rings. The van der Waals surface area contributed by atoms with E-state index in [1.807, 2.05) is 84.9 Å². The fourth-order valence-corrected chi connectivity index (χ4v) is 2.98. The van der Waals surface area contributed by atoms with E-state index in [-0.39, 0.29) is 6.04 Å². The molecule has 0 unspecified atom stereocenters. The summed E-state index contributed by atoms with van der Waals surface area (Å²) in [5, 5.41) is 15.1. The SMILES string of the molecule is O[C@H](c1ccccc1)[C@@H](NCc1ccccc1Cl)c1ccccc1. The number of hydrogen-bond donors (Lipinski definition) is 2. The number of rotatable bonds is 6. The topological polar surface area (TPSA) is 32.3 Å². The highest BCUT2D eigenvalue weighted by Gasteiger charge is 2.22. The smallest absolute Gasteiger partial charge is 0.0984 e. The number of benzene rings is 3. The summed E-state index contributed by atoms with van der Waals surface area (Å²) >= 11 is 6.25. The second-order valence-electron chi connectivity index (χ2n) is 5.72. The number of aliphatic hydroxyl groups excluding tert-OH is 1. The van der Waals surface area contributed by atoms with Crippen molar-refractivity contribution in [3.63, 3.8) is 0 Å². The zero-order chi connectivity index (χ0) is 16.8. The highest BCUT2D eigenvalue weighted by Crippen LogP contribution is 2.29. The van der Waals surface area contributed by atoms with Crippen LogP contribution >= 0.6 is 11.6 Å². The van der Waals surface area contributed by atoms with Gasteiger partial charge in [-0.05, 0) is 22.8 Å². The first-order valence-corrected chi connectivity index (χ1v) is 8.38. The molecule has 0 amide bonds. The molecule has 0 radical (unpaired) electrons. The Kier molecular flexibility index (Phi) is 5.65. The summed E-state index contributed by atoms with van der Waals surface area (Å²) in [6.45, 7) is 0.586. The molecule has 3 heteroatoms. The zero-order valence-corrected chi connectivity index (χ0v) is 14.0. The minimum Gasteiger partial charge on any atom is -0.386 e. The van der Waals surface area contributed by atoms with Crippen molar-refractivity contribution in [2.75, 3.05) is 0 Å². The lowest BCUT2D eigenvalue weighted by Gasteiger charge is -2.25. The van der Waals surface area contributed by atoms with E-state index in [2.05, 4.69) is 5.32 Å². The minimum absolute atomic E-state index is 0.218. The molecule has 2 nitrogen and oxygen atoms in total. The van der Waals surface area contributed by atoms with Crippen LogP contribution in [0.5, 0.6) is 0 Å². The lowest BCUT2D eigenvalue weighted by Crippen LogP contribution is -2.27. The predicted molar refractivity (Wildman–Crippen MR) is 98.9 cm³/mol. The van der Waals surface area contributed by atoms with Gasteiger partial charge >= 0.3 is 0 Å². The average molecular weight is 338 g/mol. The maximum absolute atomic E-state index is 10.9. The van der Waals surface area contributed by atoms with Crippen molar-refractivity contribution in [1.82, 2.24) is 5.32 Å². The van der Waals surface area contributed by atoms with Gasteiger partial charge < -0.3 is 10.4 Å². The molecule has 0 fully saturated rings. The van der Waals surface area contributed by atoms with Gasteiger partial charge in [0, 0.05) is 11.6 Å². The minimum atomic E-state index is -0.643. The Hall–Kier alpha value is -2.13. The molecule has 0 spiro atoms. The van der Waals surface area contributed by atoms with E-state index < -0.39 is 6.10 Å². The van der Waals surface area contributed by atoms with Crippen molar-refractivity contribution >= 4 is 11.6 Å². The van der Waals surface area contributed by atoms with E-state index >= 15 is 0 Å². The van der Waals surface area contributed by atoms with Crippen LogP contribution in [0.4, 0.5) is 0 Å². The van der Waals surface area contributed by atoms with Gasteiger partial charge in [-0.25, -0.2) is 0 Å². The van der Waals surface area contributed by atoms with Gasteiger partial charge in [0.2, 0.25) is 0 Å². The van der Waals surface area contributed by atoms with Gasteiger partial charge in [-0.15, -0.1) is 0 Å². The van der Waals surface area contributed by atoms with Crippen molar-refractivity contribution in [2.45, 2.75) is 18.7 Å². The Morgan fingerprint density at radius 1 is 0.750 bits per heavy atom. The molecule has 0 saturated carbocycles. The van der Waals surface area contributed by atoms with Crippen LogP contribution in [0, 0.1) is 0 Å². The lowest BCUT2D eigenvalue weighted by atomic mass is 9.95. The third-order valence-electron chi connectivity index (χ3n) is 4.09. The molecule has 0 saturated heterocycles. The Morgan fingerprint density at radius 2 is 1.29 bits per heavy atom. The summed E-state index contributed by atoms with van der Waals surface area (Å²) in [6, 6.07) is 27.2. The summed E-state index contributed by atoms with van der Waals surface area (Å²) in [5.74, 6) is 0. The Labute approximate surface area is 147 Å². The van der Waals surface area contributed by atoms with Crippen LogP contribution in [-0.4, -0.2) is 5.11 Å². The summed E-state index contributed by atoms with van der Waals surface area (Å²) < 4.78 is 0. The first-order valence-electron chi connectivity index (χ1n) is 8.00. The highest BCUT2D eigenvalue weighted by atomic mass is 35.5. The lowest BCUT2D eigenvalue weighted by molar-refractivity contribution is 0.127. The van der Waals surface area contributed by atoms with E-state index in [1.54, 1.807) is 0 Å². The van der Waals surface area contributed by atoms with E-state index in [0.717, 1.165) is 21.7 Å². The van der Waals surface area contributed by atoms with Gasteiger partial charge in [0.25, 0.3) is 0 Å². The first-order chi connectivity index (χ1) is 11.8. The molecule has 3 aromatic carbocycles. The normalized spacial score (nSPS) is 13.4. The van der Waals surface area contributed by atoms with Gasteiger partial charge in [0.05, 0.1) is 12.1 Å². The van der Waals surface area contributed by atoms with Gasteiger partial charge in [-0.3, -0.25) is 0 Å². The van der Waals surface area contributed by atoms with E-state index in [9.17, 15) is 5.11 Å². The molecule has 0 heterocycles. The molecule has 2 atom stereocenters. The summed E-state index contributed by atoms with van der Waals surface area (Å²) in [6.07, 6.45) is -0.643. The molecule has 122 valence electrons. The fourth-order valence-electron chi connectivity index (χ4n) is 2.78. The highest BCUT2D eigenvalue weighted by molar-refractivity contribution is 6.31. The van der Waals surface area contributed by atoms with Gasteiger partial charge in [-0.2, -0.15) is 0 Å². The van der Waals surface area contributed by atoms with Crippen LogP contribution in [0.25, 0.3) is 0 Å². The quantitative estimate of drug-likeness (QED) is 0.670. The molecule has 0 aromatic heterocycles. The van der Waals surface area contributed by atoms with E-state index in [4.69, 9.17) is 11.6 Å². The largest absolute Gasteiger partial charge is 0.386 e. The molecule has 24 heavy (non-hydrogen) atoms. The number of nitrogens with one attached hydrogen (secondary N) is 1. The van der Waals surface area contributed by atoms with Crippen molar-refractivity contribution in [2.24, 2.45) is 0 Å². The third-order valence-corrected chi connectivity index (χ3v) is 4.45. The van der Waals surface area contributed by atoms with Gasteiger partial charge in [-0.1, -0.05) is 90.5 Å². The first kappa shape index (κ1) is 16.7. The average Bonchev–Trinajstić information content (AvgIpc) is 2.65. The summed E-state index contributed by atoms with van der Waals surface area (Å²) in [4.78, 5) is 0. The van der Waals surface area contributed by atoms with Crippen molar-refractivity contribution in [3.8, 4) is 0 Å². The fraction of sp³-hybridized carbons (Fsp3) is 0.143.